The summed E-state index contributed by atoms with van der Waals surface area (Å²) >= 11 is 1.36. The molecule has 0 bridgehead atoms. The van der Waals surface area contributed by atoms with Crippen LogP contribution in [0.3, 0.4) is 0 Å². The summed E-state index contributed by atoms with van der Waals surface area (Å²) in [7, 11) is 0. The molecule has 2 atom stereocenters. The summed E-state index contributed by atoms with van der Waals surface area (Å²) in [6.07, 6.45) is -0.587. The van der Waals surface area contributed by atoms with Crippen LogP contribution in [0.15, 0.2) is 30.3 Å². The molecule has 2 N–H and O–H groups in total. The van der Waals surface area contributed by atoms with Crippen molar-refractivity contribution < 1.29 is 9.90 Å². The SMILES string of the molecule is CC(C)[C@](C)(C#N)NC(=O)CSC[C@H](O)c1ccccc1. The number of hydrogen-bond acceptors (Lipinski definition) is 4. The molecule has 1 rings (SSSR count). The topological polar surface area (TPSA) is 73.1 Å². The molecule has 0 heterocycles. The monoisotopic (exact) mass is 306 g/mol. The van der Waals surface area contributed by atoms with Crippen molar-refractivity contribution in [3.05, 3.63) is 35.9 Å². The van der Waals surface area contributed by atoms with Crippen LogP contribution >= 0.6 is 11.8 Å². The van der Waals surface area contributed by atoms with Crippen LogP contribution in [-0.4, -0.2) is 28.1 Å². The van der Waals surface area contributed by atoms with Crippen LogP contribution in [-0.2, 0) is 4.79 Å². The predicted molar refractivity (Wildman–Crippen MR) is 85.7 cm³/mol. The van der Waals surface area contributed by atoms with Gasteiger partial charge in [-0.15, -0.1) is 11.8 Å². The molecule has 0 aliphatic heterocycles. The molecule has 0 aliphatic carbocycles. The van der Waals surface area contributed by atoms with Gasteiger partial charge in [-0.1, -0.05) is 44.2 Å². The lowest BCUT2D eigenvalue weighted by molar-refractivity contribution is -0.120. The molecule has 114 valence electrons. The summed E-state index contributed by atoms with van der Waals surface area (Å²) in [5.74, 6) is 0.528. The van der Waals surface area contributed by atoms with Gasteiger partial charge >= 0.3 is 0 Å². The highest BCUT2D eigenvalue weighted by Crippen LogP contribution is 2.19. The second-order valence-corrected chi connectivity index (χ2v) is 6.49. The van der Waals surface area contributed by atoms with Crippen LogP contribution < -0.4 is 5.32 Å². The Balaban J connectivity index is 2.39. The van der Waals surface area contributed by atoms with Crippen molar-refractivity contribution >= 4 is 17.7 Å². The number of aliphatic hydroxyl groups excluding tert-OH is 1. The number of carbonyl (C=O) groups excluding carboxylic acids is 1. The first-order chi connectivity index (χ1) is 9.89. The van der Waals surface area contributed by atoms with Gasteiger partial charge in [-0.05, 0) is 18.4 Å². The Labute approximate surface area is 130 Å². The molecule has 1 aromatic carbocycles. The molecule has 5 heteroatoms. The maximum absolute atomic E-state index is 11.9. The average Bonchev–Trinajstić information content (AvgIpc) is 2.47. The number of nitrogens with one attached hydrogen (secondary N) is 1. The van der Waals surface area contributed by atoms with Gasteiger partial charge in [0.1, 0.15) is 5.54 Å². The second-order valence-electron chi connectivity index (χ2n) is 5.46. The molecule has 4 nitrogen and oxygen atoms in total. The second kappa shape index (κ2) is 8.06. The Morgan fingerprint density at radius 3 is 2.57 bits per heavy atom. The third kappa shape index (κ3) is 5.41. The van der Waals surface area contributed by atoms with Crippen molar-refractivity contribution in [1.29, 1.82) is 5.26 Å². The zero-order chi connectivity index (χ0) is 15.9. The predicted octanol–water partition coefficient (Wildman–Crippen LogP) is 2.51. The van der Waals surface area contributed by atoms with Crippen molar-refractivity contribution in [3.8, 4) is 6.07 Å². The summed E-state index contributed by atoms with van der Waals surface area (Å²) in [6, 6.07) is 11.5. The van der Waals surface area contributed by atoms with E-state index >= 15 is 0 Å². The number of benzene rings is 1. The first-order valence-corrected chi connectivity index (χ1v) is 8.07. The molecule has 0 aliphatic rings. The molecule has 1 aromatic rings. The molecular formula is C16H22N2O2S. The Morgan fingerprint density at radius 2 is 2.05 bits per heavy atom. The van der Waals surface area contributed by atoms with Crippen molar-refractivity contribution in [2.45, 2.75) is 32.4 Å². The van der Waals surface area contributed by atoms with Crippen molar-refractivity contribution in [2.24, 2.45) is 5.92 Å². The van der Waals surface area contributed by atoms with Crippen LogP contribution in [0.5, 0.6) is 0 Å². The number of thioether (sulfide) groups is 1. The summed E-state index contributed by atoms with van der Waals surface area (Å²) in [4.78, 5) is 11.9. The summed E-state index contributed by atoms with van der Waals surface area (Å²) in [5, 5.41) is 21.9. The molecule has 0 spiro atoms. The fourth-order valence-corrected chi connectivity index (χ4v) is 2.45. The molecule has 1 amide bonds. The molecule has 0 unspecified atom stereocenters. The Bertz CT molecular complexity index is 499. The van der Waals surface area contributed by atoms with E-state index in [9.17, 15) is 9.90 Å². The maximum atomic E-state index is 11.9. The number of aliphatic hydroxyl groups is 1. The highest BCUT2D eigenvalue weighted by Gasteiger charge is 2.29. The number of rotatable bonds is 7. The van der Waals surface area contributed by atoms with Gasteiger partial charge in [0.15, 0.2) is 0 Å². The van der Waals surface area contributed by atoms with E-state index in [1.54, 1.807) is 6.92 Å². The molecule has 0 saturated carbocycles. The van der Waals surface area contributed by atoms with E-state index in [0.29, 0.717) is 5.75 Å². The Kier molecular flexibility index (Phi) is 6.73. The maximum Gasteiger partial charge on any atom is 0.231 e. The third-order valence-corrected chi connectivity index (χ3v) is 4.50. The molecular weight excluding hydrogens is 284 g/mol. The largest absolute Gasteiger partial charge is 0.388 e. The van der Waals surface area contributed by atoms with Crippen LogP contribution in [0, 0.1) is 17.2 Å². The number of amides is 1. The minimum absolute atomic E-state index is 0.0337. The molecule has 0 saturated heterocycles. The van der Waals surface area contributed by atoms with Gasteiger partial charge in [-0.2, -0.15) is 5.26 Å². The van der Waals surface area contributed by atoms with E-state index in [0.717, 1.165) is 5.56 Å². The van der Waals surface area contributed by atoms with E-state index in [-0.39, 0.29) is 17.6 Å². The third-order valence-electron chi connectivity index (χ3n) is 3.48. The van der Waals surface area contributed by atoms with Crippen molar-refractivity contribution in [2.75, 3.05) is 11.5 Å². The van der Waals surface area contributed by atoms with Gasteiger partial charge in [-0.3, -0.25) is 4.79 Å². The lowest BCUT2D eigenvalue weighted by Crippen LogP contribution is -2.49. The molecule has 0 aromatic heterocycles. The van der Waals surface area contributed by atoms with E-state index in [1.807, 2.05) is 44.2 Å². The zero-order valence-corrected chi connectivity index (χ0v) is 13.5. The fraction of sp³-hybridized carbons (Fsp3) is 0.500. The fourth-order valence-electron chi connectivity index (χ4n) is 1.66. The first-order valence-electron chi connectivity index (χ1n) is 6.92. The smallest absolute Gasteiger partial charge is 0.231 e. The minimum Gasteiger partial charge on any atom is -0.388 e. The highest BCUT2D eigenvalue weighted by molar-refractivity contribution is 7.99. The Morgan fingerprint density at radius 1 is 1.43 bits per heavy atom. The van der Waals surface area contributed by atoms with Crippen LogP contribution in [0.2, 0.25) is 0 Å². The number of carbonyl (C=O) groups is 1. The minimum atomic E-state index is -0.851. The van der Waals surface area contributed by atoms with Gasteiger partial charge in [0, 0.05) is 5.75 Å². The van der Waals surface area contributed by atoms with E-state index in [1.165, 1.54) is 11.8 Å². The number of nitriles is 1. The summed E-state index contributed by atoms with van der Waals surface area (Å²) in [5.41, 5.74) is -0.00941. The van der Waals surface area contributed by atoms with Crippen LogP contribution in [0.25, 0.3) is 0 Å². The van der Waals surface area contributed by atoms with Gasteiger partial charge < -0.3 is 10.4 Å². The van der Waals surface area contributed by atoms with Crippen molar-refractivity contribution in [3.63, 3.8) is 0 Å². The Hall–Kier alpha value is -1.51. The average molecular weight is 306 g/mol. The van der Waals surface area contributed by atoms with Gasteiger partial charge in [0.05, 0.1) is 17.9 Å². The normalized spacial score (nSPS) is 15.0. The summed E-state index contributed by atoms with van der Waals surface area (Å²) in [6.45, 7) is 5.52. The van der Waals surface area contributed by atoms with Gasteiger partial charge in [0.25, 0.3) is 0 Å². The van der Waals surface area contributed by atoms with Gasteiger partial charge in [-0.25, -0.2) is 0 Å². The lowest BCUT2D eigenvalue weighted by Gasteiger charge is -2.27. The molecule has 21 heavy (non-hydrogen) atoms. The number of hydrogen-bond donors (Lipinski definition) is 2. The van der Waals surface area contributed by atoms with E-state index in [4.69, 9.17) is 5.26 Å². The first kappa shape index (κ1) is 17.5. The highest BCUT2D eigenvalue weighted by atomic mass is 32.2. The van der Waals surface area contributed by atoms with Crippen molar-refractivity contribution in [1.82, 2.24) is 5.32 Å². The molecule has 0 radical (unpaired) electrons. The van der Waals surface area contributed by atoms with Gasteiger partial charge in [0.2, 0.25) is 5.91 Å². The van der Waals surface area contributed by atoms with E-state index < -0.39 is 11.6 Å². The number of nitrogens with zero attached hydrogens (tertiary/aromatic N) is 1. The van der Waals surface area contributed by atoms with Crippen LogP contribution in [0.4, 0.5) is 0 Å². The lowest BCUT2D eigenvalue weighted by atomic mass is 9.90. The standard InChI is InChI=1S/C16H22N2O2S/c1-12(2)16(3,11-17)18-15(20)10-21-9-14(19)13-7-5-4-6-8-13/h4-8,12,14,19H,9-10H2,1-3H3,(H,18,20)/t14-,16-/m0/s1. The van der Waals surface area contributed by atoms with Crippen LogP contribution in [0.1, 0.15) is 32.4 Å². The quantitative estimate of drug-likeness (QED) is 0.812. The summed E-state index contributed by atoms with van der Waals surface area (Å²) < 4.78 is 0. The molecule has 0 fully saturated rings. The zero-order valence-electron chi connectivity index (χ0n) is 12.7. The van der Waals surface area contributed by atoms with E-state index in [2.05, 4.69) is 11.4 Å².